The molecule has 4 heterocycles. The molecule has 1 aromatic heterocycles. The number of nitrogens with one attached hydrogen (secondary N) is 2. The standard InChI is InChI=1S/C28H35F5N8O/c1-38-9-11-39(12-10-38)19-5-6-23(21(13-19)18-3-4-18)36-25-35-15-22(28(31,32)33)24(37-25)34-7-2-8-40-16-20-14-27(29,30)17-41(20)26(40)42/h5-6,13,15,18,20H,2-4,7-12,14,16-17H2,1H3,(H2,34,35,36,37)/t20-/m0/s1. The van der Waals surface area contributed by atoms with E-state index in [1.54, 1.807) is 0 Å². The second-order valence-electron chi connectivity index (χ2n) is 11.8. The third-order valence-electron chi connectivity index (χ3n) is 8.48. The normalized spacial score (nSPS) is 22.6. The van der Waals surface area contributed by atoms with E-state index in [0.717, 1.165) is 62.2 Å². The summed E-state index contributed by atoms with van der Waals surface area (Å²) in [5.74, 6) is -2.78. The number of urea groups is 1. The van der Waals surface area contributed by atoms with Crippen molar-refractivity contribution in [2.24, 2.45) is 0 Å². The number of amides is 2. The minimum Gasteiger partial charge on any atom is -0.369 e. The highest BCUT2D eigenvalue weighted by atomic mass is 19.4. The van der Waals surface area contributed by atoms with Crippen molar-refractivity contribution in [3.63, 3.8) is 0 Å². The summed E-state index contributed by atoms with van der Waals surface area (Å²) in [6.45, 7) is 3.80. The molecule has 0 unspecified atom stereocenters. The zero-order chi connectivity index (χ0) is 29.6. The van der Waals surface area contributed by atoms with Gasteiger partial charge in [-0.2, -0.15) is 18.2 Å². The molecule has 2 amide bonds. The quantitative estimate of drug-likeness (QED) is 0.319. The number of carbonyl (C=O) groups excluding carboxylic acids is 1. The third-order valence-corrected chi connectivity index (χ3v) is 8.48. The van der Waals surface area contributed by atoms with Crippen LogP contribution in [0.3, 0.4) is 0 Å². The molecule has 1 atom stereocenters. The first kappa shape index (κ1) is 28.7. The van der Waals surface area contributed by atoms with E-state index in [1.807, 2.05) is 12.1 Å². The van der Waals surface area contributed by atoms with Gasteiger partial charge in [-0.25, -0.2) is 18.6 Å². The maximum absolute atomic E-state index is 13.8. The Bertz CT molecular complexity index is 1310. The van der Waals surface area contributed by atoms with Crippen LogP contribution in [0.5, 0.6) is 0 Å². The van der Waals surface area contributed by atoms with Gasteiger partial charge < -0.3 is 30.2 Å². The van der Waals surface area contributed by atoms with E-state index in [4.69, 9.17) is 0 Å². The largest absolute Gasteiger partial charge is 0.421 e. The lowest BCUT2D eigenvalue weighted by Gasteiger charge is -2.34. The fourth-order valence-electron chi connectivity index (χ4n) is 6.02. The Labute approximate surface area is 241 Å². The second-order valence-corrected chi connectivity index (χ2v) is 11.8. The van der Waals surface area contributed by atoms with Crippen molar-refractivity contribution in [2.45, 2.75) is 49.7 Å². The monoisotopic (exact) mass is 594 g/mol. The van der Waals surface area contributed by atoms with E-state index < -0.39 is 36.3 Å². The number of halogens is 5. The molecule has 1 aromatic carbocycles. The van der Waals surface area contributed by atoms with Gasteiger partial charge in [-0.05, 0) is 56.0 Å². The zero-order valence-electron chi connectivity index (χ0n) is 23.4. The molecule has 3 aliphatic heterocycles. The van der Waals surface area contributed by atoms with E-state index in [2.05, 4.69) is 43.5 Å². The van der Waals surface area contributed by atoms with Crippen LogP contribution in [0, 0.1) is 0 Å². The first-order valence-corrected chi connectivity index (χ1v) is 14.4. The Morgan fingerprint density at radius 2 is 1.88 bits per heavy atom. The summed E-state index contributed by atoms with van der Waals surface area (Å²) in [6, 6.07) is 5.16. The third kappa shape index (κ3) is 6.18. The van der Waals surface area contributed by atoms with Crippen molar-refractivity contribution in [3.05, 3.63) is 35.5 Å². The predicted octanol–water partition coefficient (Wildman–Crippen LogP) is 4.82. The SMILES string of the molecule is CN1CCN(c2ccc(Nc3ncc(C(F)(F)F)c(NCCCN4C[C@@H]5CC(F)(F)CN5C4=O)n3)c(C3CC3)c2)CC1. The number of likely N-dealkylation sites (N-methyl/N-ethyl adjacent to an activating group) is 1. The number of rotatable bonds is 9. The summed E-state index contributed by atoms with van der Waals surface area (Å²) in [5, 5.41) is 5.90. The molecule has 6 rings (SSSR count). The van der Waals surface area contributed by atoms with Crippen LogP contribution < -0.4 is 15.5 Å². The Hall–Kier alpha value is -3.42. The lowest BCUT2D eigenvalue weighted by molar-refractivity contribution is -0.137. The van der Waals surface area contributed by atoms with E-state index in [1.165, 1.54) is 9.80 Å². The number of aromatic nitrogens is 2. The smallest absolute Gasteiger partial charge is 0.369 e. The molecule has 0 bridgehead atoms. The highest BCUT2D eigenvalue weighted by molar-refractivity contribution is 5.78. The molecule has 2 N–H and O–H groups in total. The molecule has 4 aliphatic rings. The van der Waals surface area contributed by atoms with Gasteiger partial charge in [-0.15, -0.1) is 0 Å². The summed E-state index contributed by atoms with van der Waals surface area (Å²) in [4.78, 5) is 27.9. The number of piperazine rings is 1. The Balaban J connectivity index is 1.11. The Kier molecular flexibility index (Phi) is 7.52. The van der Waals surface area contributed by atoms with Gasteiger partial charge in [-0.1, -0.05) is 0 Å². The van der Waals surface area contributed by atoms with Crippen LogP contribution in [-0.4, -0.2) is 102 Å². The summed E-state index contributed by atoms with van der Waals surface area (Å²) < 4.78 is 68.5. The van der Waals surface area contributed by atoms with Gasteiger partial charge >= 0.3 is 12.2 Å². The summed E-state index contributed by atoms with van der Waals surface area (Å²) in [7, 11) is 2.11. The molecule has 42 heavy (non-hydrogen) atoms. The number of anilines is 4. The van der Waals surface area contributed by atoms with Crippen LogP contribution >= 0.6 is 0 Å². The van der Waals surface area contributed by atoms with Crippen LogP contribution in [0.1, 0.15) is 42.7 Å². The highest BCUT2D eigenvalue weighted by Gasteiger charge is 2.52. The fraction of sp³-hybridized carbons (Fsp3) is 0.607. The van der Waals surface area contributed by atoms with Gasteiger partial charge in [0, 0.05) is 69.8 Å². The molecule has 9 nitrogen and oxygen atoms in total. The number of fused-ring (bicyclic) bond motifs is 1. The van der Waals surface area contributed by atoms with Crippen molar-refractivity contribution in [3.8, 4) is 0 Å². The first-order valence-electron chi connectivity index (χ1n) is 14.4. The van der Waals surface area contributed by atoms with Crippen LogP contribution in [0.2, 0.25) is 0 Å². The number of carbonyl (C=O) groups is 1. The lowest BCUT2D eigenvalue weighted by atomic mass is 10.1. The number of hydrogen-bond acceptors (Lipinski definition) is 7. The van der Waals surface area contributed by atoms with E-state index in [9.17, 15) is 26.7 Å². The molecule has 3 saturated heterocycles. The minimum absolute atomic E-state index is 0.0519. The number of benzene rings is 1. The highest BCUT2D eigenvalue weighted by Crippen LogP contribution is 2.45. The van der Waals surface area contributed by atoms with Gasteiger partial charge in [0.25, 0.3) is 5.92 Å². The van der Waals surface area contributed by atoms with E-state index >= 15 is 0 Å². The topological polar surface area (TPSA) is 79.9 Å². The molecule has 2 aromatic rings. The van der Waals surface area contributed by atoms with Crippen molar-refractivity contribution in [2.75, 3.05) is 74.9 Å². The Morgan fingerprint density at radius 3 is 2.57 bits per heavy atom. The van der Waals surface area contributed by atoms with Crippen LogP contribution in [0.15, 0.2) is 24.4 Å². The molecule has 4 fully saturated rings. The molecule has 1 aliphatic carbocycles. The van der Waals surface area contributed by atoms with Crippen LogP contribution in [0.25, 0.3) is 0 Å². The van der Waals surface area contributed by atoms with Gasteiger partial charge in [-0.3, -0.25) is 0 Å². The Morgan fingerprint density at radius 1 is 1.12 bits per heavy atom. The van der Waals surface area contributed by atoms with Crippen molar-refractivity contribution >= 4 is 29.2 Å². The van der Waals surface area contributed by atoms with Gasteiger partial charge in [0.05, 0.1) is 12.6 Å². The molecule has 1 saturated carbocycles. The molecule has 0 radical (unpaired) electrons. The summed E-state index contributed by atoms with van der Waals surface area (Å²) in [5.41, 5.74) is 2.04. The lowest BCUT2D eigenvalue weighted by Crippen LogP contribution is -2.44. The molecule has 228 valence electrons. The fourth-order valence-corrected chi connectivity index (χ4v) is 6.02. The molecular weight excluding hydrogens is 559 g/mol. The number of alkyl halides is 5. The zero-order valence-corrected chi connectivity index (χ0v) is 23.4. The summed E-state index contributed by atoms with van der Waals surface area (Å²) in [6.07, 6.45) is -1.81. The molecular formula is C28H35F5N8O. The average Bonchev–Trinajstić information content (AvgIpc) is 3.68. The van der Waals surface area contributed by atoms with Gasteiger partial charge in [0.1, 0.15) is 11.4 Å². The second kappa shape index (κ2) is 11.0. The molecule has 14 heteroatoms. The van der Waals surface area contributed by atoms with Crippen LogP contribution in [-0.2, 0) is 6.18 Å². The van der Waals surface area contributed by atoms with Crippen molar-refractivity contribution < 1.29 is 26.7 Å². The average molecular weight is 595 g/mol. The van der Waals surface area contributed by atoms with Crippen LogP contribution in [0.4, 0.5) is 49.9 Å². The van der Waals surface area contributed by atoms with Crippen molar-refractivity contribution in [1.82, 2.24) is 24.7 Å². The maximum atomic E-state index is 13.8. The van der Waals surface area contributed by atoms with Gasteiger partial charge in [0.2, 0.25) is 5.95 Å². The van der Waals surface area contributed by atoms with Gasteiger partial charge in [0.15, 0.2) is 0 Å². The van der Waals surface area contributed by atoms with E-state index in [-0.39, 0.29) is 37.8 Å². The maximum Gasteiger partial charge on any atom is 0.421 e. The minimum atomic E-state index is -4.66. The number of hydrogen-bond donors (Lipinski definition) is 2. The summed E-state index contributed by atoms with van der Waals surface area (Å²) >= 11 is 0. The molecule has 0 spiro atoms. The van der Waals surface area contributed by atoms with E-state index in [0.29, 0.717) is 12.3 Å². The predicted molar refractivity (Wildman–Crippen MR) is 149 cm³/mol. The van der Waals surface area contributed by atoms with Crippen molar-refractivity contribution in [1.29, 1.82) is 0 Å². The first-order chi connectivity index (χ1) is 20.0. The number of nitrogens with zero attached hydrogens (tertiary/aromatic N) is 6.